The predicted molar refractivity (Wildman–Crippen MR) is 57.6 cm³/mol. The van der Waals surface area contributed by atoms with Crippen molar-refractivity contribution in [2.45, 2.75) is 51.8 Å². The number of halogens is 4. The smallest absolute Gasteiger partial charge is 0.449 e. The Balaban J connectivity index is 5.02. The van der Waals surface area contributed by atoms with Crippen molar-refractivity contribution in [2.75, 3.05) is 0 Å². The first-order valence-electron chi connectivity index (χ1n) is 6.01. The second-order valence-corrected chi connectivity index (χ2v) is 4.54. The van der Waals surface area contributed by atoms with Gasteiger partial charge in [0, 0.05) is 6.04 Å². The van der Waals surface area contributed by atoms with Crippen molar-refractivity contribution in [3.63, 3.8) is 0 Å². The van der Waals surface area contributed by atoms with Gasteiger partial charge in [0.1, 0.15) is 11.8 Å². The van der Waals surface area contributed by atoms with Crippen molar-refractivity contribution >= 4 is 13.1 Å². The highest BCUT2D eigenvalue weighted by molar-refractivity contribution is 6.58. The number of amides is 1. The highest BCUT2D eigenvalue weighted by Crippen LogP contribution is 2.20. The largest absolute Gasteiger partial charge is 0.480 e. The van der Waals surface area contributed by atoms with Gasteiger partial charge in [0.15, 0.2) is 0 Å². The molecule has 0 heterocycles. The Labute approximate surface area is 101 Å². The minimum absolute atomic E-state index is 0.738. The van der Waals surface area contributed by atoms with Gasteiger partial charge in [-0.25, -0.2) is 9.18 Å². The second kappa shape index (κ2) is 5.60. The Morgan fingerprint density at radius 2 is 1.94 bits per heavy atom. The molecule has 102 valence electrons. The Morgan fingerprint density at radius 3 is 2.24 bits per heavy atom. The summed E-state index contributed by atoms with van der Waals surface area (Å²) in [6.45, 7) is -0.825. The molecule has 0 aliphatic rings. The molecular formula is C9H17BF4NO2-. The van der Waals surface area contributed by atoms with Gasteiger partial charge in [0.2, 0.25) is 0 Å². The molecule has 0 radical (unpaired) electrons. The van der Waals surface area contributed by atoms with Gasteiger partial charge in [0.25, 0.3) is 0 Å². The fourth-order valence-corrected chi connectivity index (χ4v) is 0.927. The van der Waals surface area contributed by atoms with Crippen molar-refractivity contribution in [1.29, 1.82) is 0 Å². The van der Waals surface area contributed by atoms with E-state index >= 15 is 0 Å². The van der Waals surface area contributed by atoms with Crippen LogP contribution in [0.25, 0.3) is 0 Å². The van der Waals surface area contributed by atoms with Crippen LogP contribution in [0.1, 0.15) is 30.4 Å². The van der Waals surface area contributed by atoms with Gasteiger partial charge in [0.05, 0.1) is 0 Å². The molecule has 0 fully saturated rings. The summed E-state index contributed by atoms with van der Waals surface area (Å²) in [6.07, 6.45) is -7.37. The van der Waals surface area contributed by atoms with Crippen LogP contribution in [0.2, 0.25) is 6.27 Å². The van der Waals surface area contributed by atoms with Crippen LogP contribution >= 0.6 is 0 Å². The number of alkyl carbamates (subject to hydrolysis) is 1. The lowest BCUT2D eigenvalue weighted by molar-refractivity contribution is 0.0483. The zero-order valence-corrected chi connectivity index (χ0v) is 10.1. The average Bonchev–Trinajstić information content (AvgIpc) is 2.08. The van der Waals surface area contributed by atoms with E-state index in [1.807, 2.05) is 0 Å². The first-order chi connectivity index (χ1) is 8.18. The SMILES string of the molecule is [2H]C([2H])([C@@H](NC(=O)OC(C)(C)C)[C@H](C)F)[B-](F)(F)F. The number of nitrogens with one attached hydrogen (secondary N) is 1. The lowest BCUT2D eigenvalue weighted by Crippen LogP contribution is -2.45. The number of rotatable bonds is 4. The molecule has 1 N–H and O–H groups in total. The Hall–Kier alpha value is -0.945. The van der Waals surface area contributed by atoms with E-state index in [0.717, 1.165) is 6.92 Å². The predicted octanol–water partition coefficient (Wildman–Crippen LogP) is 3.09. The van der Waals surface area contributed by atoms with Crippen LogP contribution < -0.4 is 5.32 Å². The quantitative estimate of drug-likeness (QED) is 0.623. The van der Waals surface area contributed by atoms with Gasteiger partial charge in [-0.15, -0.1) is 0 Å². The van der Waals surface area contributed by atoms with E-state index in [0.29, 0.717) is 0 Å². The van der Waals surface area contributed by atoms with Gasteiger partial charge in [-0.1, -0.05) is 6.27 Å². The summed E-state index contributed by atoms with van der Waals surface area (Å²) in [7, 11) is 0. The fourth-order valence-electron chi connectivity index (χ4n) is 0.927. The normalized spacial score (nSPS) is 18.8. The van der Waals surface area contributed by atoms with E-state index in [9.17, 15) is 22.1 Å². The summed E-state index contributed by atoms with van der Waals surface area (Å²) in [4.78, 5) is 11.3. The summed E-state index contributed by atoms with van der Waals surface area (Å²) in [5.41, 5.74) is -0.982. The van der Waals surface area contributed by atoms with Gasteiger partial charge in [-0.2, -0.15) is 0 Å². The van der Waals surface area contributed by atoms with Crippen LogP contribution in [0.15, 0.2) is 0 Å². The summed E-state index contributed by atoms with van der Waals surface area (Å²) >= 11 is 0. The summed E-state index contributed by atoms with van der Waals surface area (Å²) < 4.78 is 69.4. The summed E-state index contributed by atoms with van der Waals surface area (Å²) in [5.74, 6) is 0. The van der Waals surface area contributed by atoms with E-state index in [1.165, 1.54) is 20.8 Å². The van der Waals surface area contributed by atoms with Crippen LogP contribution in [0, 0.1) is 0 Å². The first kappa shape index (κ1) is 12.5. The third-order valence-electron chi connectivity index (χ3n) is 1.50. The lowest BCUT2D eigenvalue weighted by Gasteiger charge is -2.27. The highest BCUT2D eigenvalue weighted by Gasteiger charge is 2.32. The maximum atomic E-state index is 13.2. The molecule has 0 aliphatic heterocycles. The minimum Gasteiger partial charge on any atom is -0.449 e. The maximum absolute atomic E-state index is 13.2. The van der Waals surface area contributed by atoms with Crippen molar-refractivity contribution in [1.82, 2.24) is 5.32 Å². The van der Waals surface area contributed by atoms with Crippen molar-refractivity contribution in [2.24, 2.45) is 0 Å². The molecule has 1 amide bonds. The Kier molecular flexibility index (Phi) is 4.12. The van der Waals surface area contributed by atoms with Crippen LogP contribution in [0.3, 0.4) is 0 Å². The number of hydrogen-bond acceptors (Lipinski definition) is 2. The van der Waals surface area contributed by atoms with Crippen LogP contribution in [-0.4, -0.2) is 30.9 Å². The molecule has 0 spiro atoms. The molecular weight excluding hydrogens is 241 g/mol. The molecule has 2 atom stereocenters. The Morgan fingerprint density at radius 1 is 1.47 bits per heavy atom. The van der Waals surface area contributed by atoms with E-state index in [4.69, 9.17) is 2.74 Å². The number of ether oxygens (including phenoxy) is 1. The van der Waals surface area contributed by atoms with E-state index < -0.39 is 37.2 Å². The monoisotopic (exact) mass is 260 g/mol. The molecule has 8 heteroatoms. The third kappa shape index (κ3) is 8.82. The zero-order chi connectivity index (χ0) is 15.6. The van der Waals surface area contributed by atoms with Gasteiger partial charge >= 0.3 is 13.1 Å². The molecule has 0 aromatic heterocycles. The van der Waals surface area contributed by atoms with Crippen molar-refractivity contribution in [3.8, 4) is 0 Å². The summed E-state index contributed by atoms with van der Waals surface area (Å²) in [6, 6.07) is -2.36. The van der Waals surface area contributed by atoms with Crippen molar-refractivity contribution < 1.29 is 29.6 Å². The van der Waals surface area contributed by atoms with Crippen LogP contribution in [0.5, 0.6) is 0 Å². The molecule has 0 aliphatic carbocycles. The van der Waals surface area contributed by atoms with E-state index in [1.54, 1.807) is 5.32 Å². The molecule has 0 rings (SSSR count). The molecule has 0 aromatic carbocycles. The Bertz CT molecular complexity index is 331. The molecule has 0 aromatic rings. The third-order valence-corrected chi connectivity index (χ3v) is 1.50. The minimum atomic E-state index is -5.99. The molecule has 0 unspecified atom stereocenters. The lowest BCUT2D eigenvalue weighted by atomic mass is 9.80. The average molecular weight is 260 g/mol. The summed E-state index contributed by atoms with van der Waals surface area (Å²) in [5, 5.41) is 1.60. The zero-order valence-electron chi connectivity index (χ0n) is 12.1. The topological polar surface area (TPSA) is 38.3 Å². The standard InChI is InChI=1S/C9H17BF4NO2/c1-6(11)7(5-10(12,13)14)15-8(16)17-9(2,3)4/h6-7H,5H2,1-4H3,(H,15,16)/q-1/t6-,7+/m0/s1/i5D2. The van der Waals surface area contributed by atoms with Crippen molar-refractivity contribution in [3.05, 3.63) is 0 Å². The fraction of sp³-hybridized carbons (Fsp3) is 0.889. The van der Waals surface area contributed by atoms with Crippen LogP contribution in [-0.2, 0) is 4.74 Å². The molecule has 17 heavy (non-hydrogen) atoms. The maximum Gasteiger partial charge on any atom is 0.480 e. The molecule has 0 saturated heterocycles. The number of carbonyl (C=O) groups is 1. The highest BCUT2D eigenvalue weighted by atomic mass is 19.4. The molecule has 3 nitrogen and oxygen atoms in total. The van der Waals surface area contributed by atoms with Gasteiger partial charge < -0.3 is 23.0 Å². The first-order valence-corrected chi connectivity index (χ1v) is 5.01. The number of carbonyl (C=O) groups excluding carboxylic acids is 1. The number of alkyl halides is 1. The molecule has 0 saturated carbocycles. The van der Waals surface area contributed by atoms with Crippen LogP contribution in [0.4, 0.5) is 22.1 Å². The van der Waals surface area contributed by atoms with E-state index in [-0.39, 0.29) is 0 Å². The molecule has 0 bridgehead atoms. The van der Waals surface area contributed by atoms with Gasteiger partial charge in [-0.3, -0.25) is 0 Å². The second-order valence-electron chi connectivity index (χ2n) is 4.54. The van der Waals surface area contributed by atoms with E-state index in [2.05, 4.69) is 4.74 Å². The number of hydrogen-bond donors (Lipinski definition) is 1. The van der Waals surface area contributed by atoms with Gasteiger partial charge in [-0.05, 0) is 30.4 Å².